The first kappa shape index (κ1) is 14.3. The van der Waals surface area contributed by atoms with Crippen molar-refractivity contribution in [3.05, 3.63) is 66.1 Å². The standard InChI is InChI=1S/C16H13ClN4O/c17-13-9-19-21(10-13)11-16(22)20-14-6-7-18-15(8-14)12-4-2-1-3-5-12/h1-10H,11H2,(H,18,20,22). The molecule has 0 bridgehead atoms. The molecule has 1 aromatic carbocycles. The molecule has 1 amide bonds. The number of pyridine rings is 1. The number of hydrogen-bond acceptors (Lipinski definition) is 3. The van der Waals surface area contributed by atoms with E-state index >= 15 is 0 Å². The summed E-state index contributed by atoms with van der Waals surface area (Å²) >= 11 is 5.77. The van der Waals surface area contributed by atoms with Crippen LogP contribution in [0, 0.1) is 0 Å². The maximum atomic E-state index is 12.0. The third-order valence-electron chi connectivity index (χ3n) is 3.02. The van der Waals surface area contributed by atoms with Crippen LogP contribution in [0.15, 0.2) is 61.1 Å². The molecule has 6 heteroatoms. The predicted molar refractivity (Wildman–Crippen MR) is 85.5 cm³/mol. The molecule has 110 valence electrons. The second kappa shape index (κ2) is 6.41. The van der Waals surface area contributed by atoms with Gasteiger partial charge in [0.15, 0.2) is 0 Å². The first-order valence-electron chi connectivity index (χ1n) is 6.70. The average Bonchev–Trinajstić information content (AvgIpc) is 2.93. The molecule has 0 radical (unpaired) electrons. The lowest BCUT2D eigenvalue weighted by atomic mass is 10.1. The van der Waals surface area contributed by atoms with Crippen LogP contribution in [-0.2, 0) is 11.3 Å². The van der Waals surface area contributed by atoms with Crippen molar-refractivity contribution in [1.82, 2.24) is 14.8 Å². The summed E-state index contributed by atoms with van der Waals surface area (Å²) in [6.07, 6.45) is 4.76. The molecule has 0 aliphatic rings. The van der Waals surface area contributed by atoms with E-state index in [2.05, 4.69) is 15.4 Å². The van der Waals surface area contributed by atoms with Crippen molar-refractivity contribution >= 4 is 23.2 Å². The monoisotopic (exact) mass is 312 g/mol. The molecule has 0 saturated carbocycles. The van der Waals surface area contributed by atoms with Crippen molar-refractivity contribution in [2.24, 2.45) is 0 Å². The topological polar surface area (TPSA) is 59.8 Å². The van der Waals surface area contributed by atoms with Gasteiger partial charge in [-0.3, -0.25) is 14.5 Å². The lowest BCUT2D eigenvalue weighted by Gasteiger charge is -2.07. The highest BCUT2D eigenvalue weighted by Gasteiger charge is 2.06. The quantitative estimate of drug-likeness (QED) is 0.804. The minimum Gasteiger partial charge on any atom is -0.324 e. The summed E-state index contributed by atoms with van der Waals surface area (Å²) in [6, 6.07) is 13.4. The third-order valence-corrected chi connectivity index (χ3v) is 3.22. The first-order chi connectivity index (χ1) is 10.7. The second-order valence-corrected chi connectivity index (χ2v) is 5.14. The van der Waals surface area contributed by atoms with Crippen molar-refractivity contribution in [3.8, 4) is 11.3 Å². The van der Waals surface area contributed by atoms with Gasteiger partial charge >= 0.3 is 0 Å². The van der Waals surface area contributed by atoms with Crippen LogP contribution in [0.1, 0.15) is 0 Å². The Bertz CT molecular complexity index is 786. The highest BCUT2D eigenvalue weighted by atomic mass is 35.5. The fourth-order valence-corrected chi connectivity index (χ4v) is 2.20. The molecule has 2 aromatic heterocycles. The summed E-state index contributed by atoms with van der Waals surface area (Å²) in [5.41, 5.74) is 2.50. The summed E-state index contributed by atoms with van der Waals surface area (Å²) in [5.74, 6) is -0.176. The van der Waals surface area contributed by atoms with Crippen LogP contribution in [0.3, 0.4) is 0 Å². The summed E-state index contributed by atoms with van der Waals surface area (Å²) in [5, 5.41) is 7.30. The minimum absolute atomic E-state index is 0.107. The van der Waals surface area contributed by atoms with Crippen molar-refractivity contribution in [1.29, 1.82) is 0 Å². The maximum Gasteiger partial charge on any atom is 0.246 e. The number of carbonyl (C=O) groups excluding carboxylic acids is 1. The molecule has 3 aromatic rings. The van der Waals surface area contributed by atoms with Gasteiger partial charge in [0.1, 0.15) is 6.54 Å². The smallest absolute Gasteiger partial charge is 0.246 e. The van der Waals surface area contributed by atoms with E-state index < -0.39 is 0 Å². The van der Waals surface area contributed by atoms with E-state index in [-0.39, 0.29) is 12.5 Å². The summed E-state index contributed by atoms with van der Waals surface area (Å²) in [6.45, 7) is 0.107. The van der Waals surface area contributed by atoms with E-state index in [1.54, 1.807) is 18.5 Å². The number of rotatable bonds is 4. The second-order valence-electron chi connectivity index (χ2n) is 4.70. The molecule has 0 aliphatic heterocycles. The molecule has 0 fully saturated rings. The van der Waals surface area contributed by atoms with Gasteiger partial charge < -0.3 is 5.32 Å². The SMILES string of the molecule is O=C(Cn1cc(Cl)cn1)Nc1ccnc(-c2ccccc2)c1. The van der Waals surface area contributed by atoms with Crippen molar-refractivity contribution in [3.63, 3.8) is 0 Å². The largest absolute Gasteiger partial charge is 0.324 e. The van der Waals surface area contributed by atoms with Gasteiger partial charge in [-0.1, -0.05) is 41.9 Å². The number of hydrogen-bond donors (Lipinski definition) is 1. The first-order valence-corrected chi connectivity index (χ1v) is 7.08. The molecular formula is C16H13ClN4O. The van der Waals surface area contributed by atoms with Crippen LogP contribution in [-0.4, -0.2) is 20.7 Å². The highest BCUT2D eigenvalue weighted by Crippen LogP contribution is 2.19. The fraction of sp³-hybridized carbons (Fsp3) is 0.0625. The van der Waals surface area contributed by atoms with Gasteiger partial charge in [0.2, 0.25) is 5.91 Å². The molecular weight excluding hydrogens is 300 g/mol. The third kappa shape index (κ3) is 3.51. The van der Waals surface area contributed by atoms with Crippen molar-refractivity contribution in [2.75, 3.05) is 5.32 Å². The predicted octanol–water partition coefficient (Wildman–Crippen LogP) is 3.24. The molecule has 0 spiro atoms. The van der Waals surface area contributed by atoms with Crippen molar-refractivity contribution in [2.45, 2.75) is 6.54 Å². The van der Waals surface area contributed by atoms with Gasteiger partial charge in [-0.05, 0) is 12.1 Å². The fourth-order valence-electron chi connectivity index (χ4n) is 2.05. The van der Waals surface area contributed by atoms with Crippen LogP contribution in [0.5, 0.6) is 0 Å². The molecule has 0 aliphatic carbocycles. The van der Waals surface area contributed by atoms with Crippen LogP contribution in [0.4, 0.5) is 5.69 Å². The summed E-state index contributed by atoms with van der Waals surface area (Å²) < 4.78 is 1.48. The zero-order chi connectivity index (χ0) is 15.4. The number of nitrogens with one attached hydrogen (secondary N) is 1. The van der Waals surface area contributed by atoms with Crippen molar-refractivity contribution < 1.29 is 4.79 Å². The molecule has 0 unspecified atom stereocenters. The Morgan fingerprint density at radius 1 is 1.23 bits per heavy atom. The van der Waals surface area contributed by atoms with Crippen LogP contribution >= 0.6 is 11.6 Å². The zero-order valence-corrected chi connectivity index (χ0v) is 12.4. The molecule has 1 N–H and O–H groups in total. The zero-order valence-electron chi connectivity index (χ0n) is 11.6. The minimum atomic E-state index is -0.176. The molecule has 0 atom stereocenters. The lowest BCUT2D eigenvalue weighted by molar-refractivity contribution is -0.116. The maximum absolute atomic E-state index is 12.0. The normalized spacial score (nSPS) is 10.4. The number of carbonyl (C=O) groups is 1. The number of nitrogens with zero attached hydrogens (tertiary/aromatic N) is 3. The van der Waals surface area contributed by atoms with E-state index in [0.29, 0.717) is 10.7 Å². The number of aromatic nitrogens is 3. The van der Waals surface area contributed by atoms with Gasteiger partial charge in [0.25, 0.3) is 0 Å². The molecule has 0 saturated heterocycles. The summed E-state index contributed by atoms with van der Waals surface area (Å²) in [7, 11) is 0. The molecule has 22 heavy (non-hydrogen) atoms. The molecule has 2 heterocycles. The number of amides is 1. The van der Waals surface area contributed by atoms with E-state index in [1.807, 2.05) is 36.4 Å². The van der Waals surface area contributed by atoms with Gasteiger partial charge in [0.05, 0.1) is 16.9 Å². The Morgan fingerprint density at radius 3 is 2.77 bits per heavy atom. The van der Waals surface area contributed by atoms with Gasteiger partial charge in [-0.2, -0.15) is 5.10 Å². The Hall–Kier alpha value is -2.66. The molecule has 5 nitrogen and oxygen atoms in total. The average molecular weight is 313 g/mol. The van der Waals surface area contributed by atoms with Gasteiger partial charge in [0, 0.05) is 23.6 Å². The van der Waals surface area contributed by atoms with Crippen LogP contribution in [0.2, 0.25) is 5.02 Å². The number of halogens is 1. The van der Waals surface area contributed by atoms with E-state index in [0.717, 1.165) is 11.3 Å². The lowest BCUT2D eigenvalue weighted by Crippen LogP contribution is -2.19. The van der Waals surface area contributed by atoms with E-state index in [4.69, 9.17) is 11.6 Å². The van der Waals surface area contributed by atoms with Crippen LogP contribution < -0.4 is 5.32 Å². The highest BCUT2D eigenvalue weighted by molar-refractivity contribution is 6.30. The molecule has 3 rings (SSSR count). The Balaban J connectivity index is 1.71. The number of anilines is 1. The van der Waals surface area contributed by atoms with Crippen LogP contribution in [0.25, 0.3) is 11.3 Å². The Labute approximate surface area is 132 Å². The van der Waals surface area contributed by atoms with E-state index in [1.165, 1.54) is 10.9 Å². The summed E-state index contributed by atoms with van der Waals surface area (Å²) in [4.78, 5) is 16.3. The number of benzene rings is 1. The van der Waals surface area contributed by atoms with Gasteiger partial charge in [-0.15, -0.1) is 0 Å². The van der Waals surface area contributed by atoms with Gasteiger partial charge in [-0.25, -0.2) is 0 Å². The Kier molecular flexibility index (Phi) is 4.16. The van der Waals surface area contributed by atoms with E-state index in [9.17, 15) is 4.79 Å². The Morgan fingerprint density at radius 2 is 2.05 bits per heavy atom.